The summed E-state index contributed by atoms with van der Waals surface area (Å²) in [6.45, 7) is 2.72. The van der Waals surface area contributed by atoms with Gasteiger partial charge in [0.1, 0.15) is 18.3 Å². The molecule has 0 radical (unpaired) electrons. The zero-order chi connectivity index (χ0) is 19.7. The van der Waals surface area contributed by atoms with Crippen LogP contribution in [0.3, 0.4) is 0 Å². The number of benzene rings is 2. The third kappa shape index (κ3) is 3.72. The van der Waals surface area contributed by atoms with Crippen molar-refractivity contribution in [2.24, 2.45) is 0 Å². The molecule has 5 nitrogen and oxygen atoms in total. The van der Waals surface area contributed by atoms with Crippen molar-refractivity contribution in [3.63, 3.8) is 0 Å². The van der Waals surface area contributed by atoms with Crippen molar-refractivity contribution in [3.05, 3.63) is 87.6 Å². The van der Waals surface area contributed by atoms with Gasteiger partial charge in [0.15, 0.2) is 11.6 Å². The summed E-state index contributed by atoms with van der Waals surface area (Å²) in [6.07, 6.45) is 0. The Labute approximate surface area is 167 Å². The molecule has 6 heteroatoms. The SMILES string of the molecule is C[C@H](c1nc2ccccc2c(=O)[nH]1)[NH+](C)Cc1ccc(-c2ccc(Cl)cc2)o1. The van der Waals surface area contributed by atoms with E-state index in [9.17, 15) is 4.79 Å². The summed E-state index contributed by atoms with van der Waals surface area (Å²) in [5.74, 6) is 2.35. The first-order valence-electron chi connectivity index (χ1n) is 9.17. The van der Waals surface area contributed by atoms with Gasteiger partial charge in [-0.25, -0.2) is 4.98 Å². The first-order valence-corrected chi connectivity index (χ1v) is 9.55. The van der Waals surface area contributed by atoms with Gasteiger partial charge in [-0.1, -0.05) is 23.7 Å². The summed E-state index contributed by atoms with van der Waals surface area (Å²) in [7, 11) is 2.06. The molecule has 142 valence electrons. The van der Waals surface area contributed by atoms with Crippen LogP contribution < -0.4 is 10.5 Å². The molecule has 1 unspecified atom stereocenters. The Morgan fingerprint density at radius 2 is 1.86 bits per heavy atom. The standard InChI is InChI=1S/C22H20ClN3O2/c1-14(21-24-19-6-4-3-5-18(19)22(27)25-21)26(2)13-17-11-12-20(28-17)15-7-9-16(23)10-8-15/h3-12,14H,13H2,1-2H3,(H,24,25,27)/p+1/t14-/m1/s1. The van der Waals surface area contributed by atoms with Gasteiger partial charge in [-0.2, -0.15) is 0 Å². The van der Waals surface area contributed by atoms with Gasteiger partial charge >= 0.3 is 0 Å². The van der Waals surface area contributed by atoms with E-state index in [4.69, 9.17) is 16.0 Å². The number of H-pyrrole nitrogens is 1. The Balaban J connectivity index is 1.53. The quantitative estimate of drug-likeness (QED) is 0.543. The number of hydrogen-bond acceptors (Lipinski definition) is 3. The van der Waals surface area contributed by atoms with E-state index in [0.29, 0.717) is 28.3 Å². The Bertz CT molecular complexity index is 1160. The number of fused-ring (bicyclic) bond motifs is 1. The van der Waals surface area contributed by atoms with Crippen LogP contribution in [0.4, 0.5) is 0 Å². The first kappa shape index (κ1) is 18.5. The minimum atomic E-state index is -0.108. The van der Waals surface area contributed by atoms with Crippen LogP contribution in [0.25, 0.3) is 22.2 Å². The van der Waals surface area contributed by atoms with Crippen molar-refractivity contribution in [2.45, 2.75) is 19.5 Å². The van der Waals surface area contributed by atoms with Crippen LogP contribution in [0, 0.1) is 0 Å². The highest BCUT2D eigenvalue weighted by molar-refractivity contribution is 6.30. The molecule has 0 saturated carbocycles. The highest BCUT2D eigenvalue weighted by Gasteiger charge is 2.20. The van der Waals surface area contributed by atoms with Crippen LogP contribution in [-0.2, 0) is 6.54 Å². The van der Waals surface area contributed by atoms with Crippen LogP contribution in [0.2, 0.25) is 5.02 Å². The fourth-order valence-electron chi connectivity index (χ4n) is 3.21. The van der Waals surface area contributed by atoms with Gasteiger partial charge in [-0.15, -0.1) is 0 Å². The third-order valence-corrected chi connectivity index (χ3v) is 5.28. The van der Waals surface area contributed by atoms with E-state index in [1.54, 1.807) is 6.07 Å². The van der Waals surface area contributed by atoms with Gasteiger partial charge in [-0.3, -0.25) is 4.79 Å². The molecule has 2 aromatic carbocycles. The van der Waals surface area contributed by atoms with Crippen molar-refractivity contribution in [1.29, 1.82) is 0 Å². The monoisotopic (exact) mass is 394 g/mol. The zero-order valence-electron chi connectivity index (χ0n) is 15.7. The fourth-order valence-corrected chi connectivity index (χ4v) is 3.34. The second-order valence-electron chi connectivity index (χ2n) is 6.99. The molecule has 2 heterocycles. The molecule has 4 aromatic rings. The summed E-state index contributed by atoms with van der Waals surface area (Å²) >= 11 is 5.95. The number of furan rings is 1. The highest BCUT2D eigenvalue weighted by atomic mass is 35.5. The van der Waals surface area contributed by atoms with E-state index >= 15 is 0 Å². The number of nitrogens with zero attached hydrogens (tertiary/aromatic N) is 1. The Kier molecular flexibility index (Phi) is 5.03. The molecule has 0 aliphatic rings. The molecule has 0 amide bonds. The zero-order valence-corrected chi connectivity index (χ0v) is 16.5. The van der Waals surface area contributed by atoms with Crippen molar-refractivity contribution in [1.82, 2.24) is 9.97 Å². The van der Waals surface area contributed by atoms with E-state index in [0.717, 1.165) is 22.0 Å². The molecule has 0 bridgehead atoms. The highest BCUT2D eigenvalue weighted by Crippen LogP contribution is 2.23. The van der Waals surface area contributed by atoms with E-state index in [1.165, 1.54) is 0 Å². The molecule has 2 atom stereocenters. The normalized spacial score (nSPS) is 13.5. The smallest absolute Gasteiger partial charge is 0.258 e. The second-order valence-corrected chi connectivity index (χ2v) is 7.42. The maximum atomic E-state index is 12.3. The molecule has 28 heavy (non-hydrogen) atoms. The number of para-hydroxylation sites is 1. The fraction of sp³-hybridized carbons (Fsp3) is 0.182. The lowest BCUT2D eigenvalue weighted by molar-refractivity contribution is -0.925. The van der Waals surface area contributed by atoms with Gasteiger partial charge < -0.3 is 14.3 Å². The third-order valence-electron chi connectivity index (χ3n) is 5.02. The predicted octanol–water partition coefficient (Wildman–Crippen LogP) is 3.61. The molecule has 2 aromatic heterocycles. The molecule has 0 saturated heterocycles. The Morgan fingerprint density at radius 1 is 1.11 bits per heavy atom. The number of aromatic amines is 1. The summed E-state index contributed by atoms with van der Waals surface area (Å²) in [4.78, 5) is 21.1. The van der Waals surface area contributed by atoms with Gasteiger partial charge in [0.2, 0.25) is 0 Å². The summed E-state index contributed by atoms with van der Waals surface area (Å²) < 4.78 is 6.00. The molecule has 4 rings (SSSR count). The van der Waals surface area contributed by atoms with Crippen molar-refractivity contribution in [2.75, 3.05) is 7.05 Å². The Hall–Kier alpha value is -2.89. The summed E-state index contributed by atoms with van der Waals surface area (Å²) in [6, 6.07) is 18.9. The largest absolute Gasteiger partial charge is 0.455 e. The maximum Gasteiger partial charge on any atom is 0.258 e. The molecular weight excluding hydrogens is 374 g/mol. The van der Waals surface area contributed by atoms with Gasteiger partial charge in [0.25, 0.3) is 5.56 Å². The second kappa shape index (κ2) is 7.62. The minimum absolute atomic E-state index is 0.00129. The maximum absolute atomic E-state index is 12.3. The van der Waals surface area contributed by atoms with Crippen LogP contribution in [0.5, 0.6) is 0 Å². The Morgan fingerprint density at radius 3 is 2.64 bits per heavy atom. The summed E-state index contributed by atoms with van der Waals surface area (Å²) in [5.41, 5.74) is 1.59. The number of hydrogen-bond donors (Lipinski definition) is 2. The van der Waals surface area contributed by atoms with Crippen molar-refractivity contribution < 1.29 is 9.32 Å². The number of aromatic nitrogens is 2. The lowest BCUT2D eigenvalue weighted by Crippen LogP contribution is -3.07. The topological polar surface area (TPSA) is 63.3 Å². The molecule has 0 spiro atoms. The minimum Gasteiger partial charge on any atom is -0.455 e. The first-order chi connectivity index (χ1) is 13.5. The number of quaternary nitrogens is 1. The molecule has 2 N–H and O–H groups in total. The lowest BCUT2D eigenvalue weighted by Gasteiger charge is -2.20. The molecule has 0 fully saturated rings. The lowest BCUT2D eigenvalue weighted by atomic mass is 10.2. The van der Waals surface area contributed by atoms with Crippen LogP contribution >= 0.6 is 11.6 Å². The molecule has 0 aliphatic heterocycles. The molecule has 0 aliphatic carbocycles. The van der Waals surface area contributed by atoms with E-state index < -0.39 is 0 Å². The average molecular weight is 395 g/mol. The van der Waals surface area contributed by atoms with Crippen LogP contribution in [-0.4, -0.2) is 17.0 Å². The van der Waals surface area contributed by atoms with E-state index in [1.807, 2.05) is 61.5 Å². The summed E-state index contributed by atoms with van der Waals surface area (Å²) in [5, 5.41) is 1.31. The predicted molar refractivity (Wildman–Crippen MR) is 111 cm³/mol. The van der Waals surface area contributed by atoms with Gasteiger partial charge in [0, 0.05) is 10.6 Å². The van der Waals surface area contributed by atoms with E-state index in [-0.39, 0.29) is 11.6 Å². The van der Waals surface area contributed by atoms with Gasteiger partial charge in [0.05, 0.1) is 18.0 Å². The van der Waals surface area contributed by atoms with Crippen LogP contribution in [0.1, 0.15) is 24.6 Å². The van der Waals surface area contributed by atoms with Crippen LogP contribution in [0.15, 0.2) is 69.9 Å². The van der Waals surface area contributed by atoms with Crippen molar-refractivity contribution in [3.8, 4) is 11.3 Å². The molecular formula is C22H21ClN3O2+. The number of rotatable bonds is 5. The number of halogens is 1. The number of nitrogens with one attached hydrogen (secondary N) is 2. The van der Waals surface area contributed by atoms with Crippen molar-refractivity contribution >= 4 is 22.5 Å². The van der Waals surface area contributed by atoms with Gasteiger partial charge in [-0.05, 0) is 55.5 Å². The average Bonchev–Trinajstić information content (AvgIpc) is 3.16. The van der Waals surface area contributed by atoms with E-state index in [2.05, 4.69) is 17.0 Å².